The lowest BCUT2D eigenvalue weighted by Crippen LogP contribution is -2.26. The first kappa shape index (κ1) is 13.2. The van der Waals surface area contributed by atoms with Gasteiger partial charge >= 0.3 is 5.97 Å². The summed E-state index contributed by atoms with van der Waals surface area (Å²) in [5, 5.41) is 0. The Kier molecular flexibility index (Phi) is 3.89. The van der Waals surface area contributed by atoms with Crippen molar-refractivity contribution < 1.29 is 23.8 Å². The van der Waals surface area contributed by atoms with Crippen molar-refractivity contribution in [1.82, 2.24) is 0 Å². The number of rotatable bonds is 4. The van der Waals surface area contributed by atoms with E-state index in [0.717, 1.165) is 0 Å². The van der Waals surface area contributed by atoms with E-state index in [2.05, 4.69) is 4.74 Å². The Labute approximate surface area is 110 Å². The summed E-state index contributed by atoms with van der Waals surface area (Å²) in [6, 6.07) is 5.25. The molecule has 0 bridgehead atoms. The van der Waals surface area contributed by atoms with Crippen LogP contribution in [-0.2, 0) is 14.3 Å². The molecular weight excluding hydrogens is 250 g/mol. The van der Waals surface area contributed by atoms with Crippen molar-refractivity contribution in [1.29, 1.82) is 0 Å². The molecule has 0 spiro atoms. The highest BCUT2D eigenvalue weighted by Crippen LogP contribution is 2.35. The average molecular weight is 265 g/mol. The lowest BCUT2D eigenvalue weighted by molar-refractivity contribution is -0.141. The van der Waals surface area contributed by atoms with E-state index in [0.29, 0.717) is 17.2 Å². The van der Waals surface area contributed by atoms with Crippen LogP contribution < -0.4 is 14.4 Å². The molecule has 0 N–H and O–H groups in total. The number of methoxy groups -OCH3 is 1. The number of carbonyl (C=O) groups excluding carboxylic acids is 2. The standard InChI is InChI=1S/C13H15NO5/c1-14(12(15)5-6-13(16)17-2)9-3-4-10-11(7-9)19-8-18-10/h3-4,7H,5-6,8H2,1-2H3. The third-order valence-corrected chi connectivity index (χ3v) is 2.89. The van der Waals surface area contributed by atoms with Gasteiger partial charge in [0.05, 0.1) is 13.5 Å². The van der Waals surface area contributed by atoms with Gasteiger partial charge in [0, 0.05) is 25.2 Å². The summed E-state index contributed by atoms with van der Waals surface area (Å²) in [7, 11) is 2.95. The van der Waals surface area contributed by atoms with E-state index < -0.39 is 5.97 Å². The zero-order valence-electron chi connectivity index (χ0n) is 10.8. The molecule has 19 heavy (non-hydrogen) atoms. The molecule has 0 aromatic heterocycles. The van der Waals surface area contributed by atoms with E-state index in [4.69, 9.17) is 9.47 Å². The highest BCUT2D eigenvalue weighted by molar-refractivity contribution is 5.94. The largest absolute Gasteiger partial charge is 0.469 e. The van der Waals surface area contributed by atoms with Gasteiger partial charge in [-0.15, -0.1) is 0 Å². The minimum atomic E-state index is -0.396. The topological polar surface area (TPSA) is 65.1 Å². The van der Waals surface area contributed by atoms with Gasteiger partial charge in [-0.3, -0.25) is 9.59 Å². The second-order valence-electron chi connectivity index (χ2n) is 4.07. The molecule has 1 aromatic carbocycles. The molecule has 1 aromatic rings. The fourth-order valence-corrected chi connectivity index (χ4v) is 1.72. The summed E-state index contributed by atoms with van der Waals surface area (Å²) in [6.07, 6.45) is 0.182. The minimum Gasteiger partial charge on any atom is -0.469 e. The van der Waals surface area contributed by atoms with Crippen LogP contribution in [0.4, 0.5) is 5.69 Å². The maximum Gasteiger partial charge on any atom is 0.306 e. The Morgan fingerprint density at radius 2 is 2.00 bits per heavy atom. The molecule has 0 aliphatic carbocycles. The monoisotopic (exact) mass is 265 g/mol. The number of nitrogens with zero attached hydrogens (tertiary/aromatic N) is 1. The number of hydrogen-bond donors (Lipinski definition) is 0. The SMILES string of the molecule is COC(=O)CCC(=O)N(C)c1ccc2c(c1)OCO2. The van der Waals surface area contributed by atoms with Crippen LogP contribution in [0.1, 0.15) is 12.8 Å². The van der Waals surface area contributed by atoms with Gasteiger partial charge in [0.2, 0.25) is 12.7 Å². The Morgan fingerprint density at radius 1 is 1.26 bits per heavy atom. The van der Waals surface area contributed by atoms with Crippen molar-refractivity contribution in [2.75, 3.05) is 25.9 Å². The molecule has 0 fully saturated rings. The van der Waals surface area contributed by atoms with E-state index in [1.165, 1.54) is 12.0 Å². The molecule has 102 valence electrons. The van der Waals surface area contributed by atoms with Crippen molar-refractivity contribution in [2.24, 2.45) is 0 Å². The maximum absolute atomic E-state index is 11.9. The Balaban J connectivity index is 2.01. The number of anilines is 1. The predicted octanol–water partition coefficient (Wildman–Crippen LogP) is 1.33. The molecule has 0 saturated carbocycles. The van der Waals surface area contributed by atoms with E-state index in [9.17, 15) is 9.59 Å². The number of esters is 1. The third kappa shape index (κ3) is 2.96. The summed E-state index contributed by atoms with van der Waals surface area (Å²) in [5.74, 6) is 0.723. The fraction of sp³-hybridized carbons (Fsp3) is 0.385. The molecule has 1 aliphatic heterocycles. The highest BCUT2D eigenvalue weighted by Gasteiger charge is 2.18. The van der Waals surface area contributed by atoms with Crippen LogP contribution in [0.25, 0.3) is 0 Å². The number of ether oxygens (including phenoxy) is 3. The zero-order valence-corrected chi connectivity index (χ0v) is 10.8. The van der Waals surface area contributed by atoms with Crippen molar-refractivity contribution in [3.8, 4) is 11.5 Å². The molecule has 6 nitrogen and oxygen atoms in total. The highest BCUT2D eigenvalue weighted by atomic mass is 16.7. The zero-order chi connectivity index (χ0) is 13.8. The van der Waals surface area contributed by atoms with Crippen LogP contribution in [0.2, 0.25) is 0 Å². The molecule has 0 saturated heterocycles. The summed E-state index contributed by atoms with van der Waals surface area (Å²) >= 11 is 0. The maximum atomic E-state index is 11.9. The first-order valence-electron chi connectivity index (χ1n) is 5.85. The van der Waals surface area contributed by atoms with Crippen LogP contribution in [0, 0.1) is 0 Å². The molecular formula is C13H15NO5. The molecule has 1 aliphatic rings. The molecule has 1 heterocycles. The van der Waals surface area contributed by atoms with Gasteiger partial charge in [0.25, 0.3) is 0 Å². The number of amides is 1. The molecule has 0 radical (unpaired) electrons. The predicted molar refractivity (Wildman–Crippen MR) is 67.2 cm³/mol. The van der Waals surface area contributed by atoms with Gasteiger partial charge in [0.15, 0.2) is 11.5 Å². The van der Waals surface area contributed by atoms with Gasteiger partial charge in [-0.2, -0.15) is 0 Å². The second kappa shape index (κ2) is 5.60. The van der Waals surface area contributed by atoms with Crippen molar-refractivity contribution >= 4 is 17.6 Å². The quantitative estimate of drug-likeness (QED) is 0.768. The van der Waals surface area contributed by atoms with E-state index >= 15 is 0 Å². The van der Waals surface area contributed by atoms with Crippen molar-refractivity contribution in [3.63, 3.8) is 0 Å². The smallest absolute Gasteiger partial charge is 0.306 e. The second-order valence-corrected chi connectivity index (χ2v) is 4.07. The van der Waals surface area contributed by atoms with Gasteiger partial charge in [-0.05, 0) is 12.1 Å². The molecule has 2 rings (SSSR count). The molecule has 1 amide bonds. The van der Waals surface area contributed by atoms with Crippen molar-refractivity contribution in [2.45, 2.75) is 12.8 Å². The van der Waals surface area contributed by atoms with Crippen LogP contribution in [0.5, 0.6) is 11.5 Å². The Morgan fingerprint density at radius 3 is 2.74 bits per heavy atom. The van der Waals surface area contributed by atoms with Crippen LogP contribution >= 0.6 is 0 Å². The van der Waals surface area contributed by atoms with Gasteiger partial charge in [0.1, 0.15) is 0 Å². The average Bonchev–Trinajstić information content (AvgIpc) is 2.90. The van der Waals surface area contributed by atoms with Gasteiger partial charge < -0.3 is 19.1 Å². The minimum absolute atomic E-state index is 0.0736. The first-order valence-corrected chi connectivity index (χ1v) is 5.85. The van der Waals surface area contributed by atoms with E-state index in [-0.39, 0.29) is 25.5 Å². The number of fused-ring (bicyclic) bond motifs is 1. The van der Waals surface area contributed by atoms with Crippen LogP contribution in [-0.4, -0.2) is 32.8 Å². The van der Waals surface area contributed by atoms with Crippen molar-refractivity contribution in [3.05, 3.63) is 18.2 Å². The number of carbonyl (C=O) groups is 2. The van der Waals surface area contributed by atoms with Gasteiger partial charge in [-0.1, -0.05) is 0 Å². The summed E-state index contributed by atoms with van der Waals surface area (Å²) in [5.41, 5.74) is 0.694. The van der Waals surface area contributed by atoms with Crippen LogP contribution in [0.3, 0.4) is 0 Å². The van der Waals surface area contributed by atoms with Gasteiger partial charge in [-0.25, -0.2) is 0 Å². The van der Waals surface area contributed by atoms with E-state index in [1.807, 2.05) is 0 Å². The summed E-state index contributed by atoms with van der Waals surface area (Å²) < 4.78 is 15.0. The normalized spacial score (nSPS) is 12.1. The molecule has 0 unspecified atom stereocenters. The first-order chi connectivity index (χ1) is 9.11. The number of hydrogen-bond acceptors (Lipinski definition) is 5. The Hall–Kier alpha value is -2.24. The van der Waals surface area contributed by atoms with Crippen LogP contribution in [0.15, 0.2) is 18.2 Å². The summed E-state index contributed by atoms with van der Waals surface area (Å²) in [6.45, 7) is 0.193. The Bertz CT molecular complexity index is 500. The lowest BCUT2D eigenvalue weighted by atomic mass is 10.2. The van der Waals surface area contributed by atoms with E-state index in [1.54, 1.807) is 25.2 Å². The molecule has 0 atom stereocenters. The number of benzene rings is 1. The summed E-state index contributed by atoms with van der Waals surface area (Å²) in [4.78, 5) is 24.4. The molecule has 6 heteroatoms. The lowest BCUT2D eigenvalue weighted by Gasteiger charge is -2.17. The third-order valence-electron chi connectivity index (χ3n) is 2.89. The fourth-order valence-electron chi connectivity index (χ4n) is 1.72.